The summed E-state index contributed by atoms with van der Waals surface area (Å²) < 4.78 is 5.22. The Morgan fingerprint density at radius 1 is 1.04 bits per heavy atom. The molecule has 138 valence electrons. The lowest BCUT2D eigenvalue weighted by atomic mass is 10.2. The van der Waals surface area contributed by atoms with E-state index < -0.39 is 0 Å². The molecule has 1 amide bonds. The molecule has 1 N–H and O–H groups in total. The van der Waals surface area contributed by atoms with Gasteiger partial charge in [-0.1, -0.05) is 6.92 Å². The minimum absolute atomic E-state index is 0.109. The number of aromatic nitrogens is 1. The van der Waals surface area contributed by atoms with Gasteiger partial charge in [0.2, 0.25) is 0 Å². The number of benzene rings is 1. The number of anilines is 2. The second-order valence-electron chi connectivity index (χ2n) is 6.33. The molecule has 26 heavy (non-hydrogen) atoms. The highest BCUT2D eigenvalue weighted by molar-refractivity contribution is 5.92. The normalized spacial score (nSPS) is 14.2. The van der Waals surface area contributed by atoms with Gasteiger partial charge < -0.3 is 19.9 Å². The van der Waals surface area contributed by atoms with E-state index in [0.29, 0.717) is 12.2 Å². The largest absolute Gasteiger partial charge is 0.497 e. The molecule has 6 heteroatoms. The van der Waals surface area contributed by atoms with Crippen molar-refractivity contribution < 1.29 is 9.53 Å². The first-order valence-electron chi connectivity index (χ1n) is 9.09. The number of hydrogen-bond acceptors (Lipinski definition) is 5. The zero-order chi connectivity index (χ0) is 18.4. The van der Waals surface area contributed by atoms with E-state index in [1.165, 1.54) is 5.69 Å². The Morgan fingerprint density at radius 3 is 2.19 bits per heavy atom. The van der Waals surface area contributed by atoms with Crippen molar-refractivity contribution in [3.8, 4) is 5.75 Å². The Hall–Kier alpha value is -2.76. The van der Waals surface area contributed by atoms with Gasteiger partial charge in [-0.15, -0.1) is 0 Å². The molecule has 0 unspecified atom stereocenters. The number of methoxy groups -OCH3 is 1. The highest BCUT2D eigenvalue weighted by atomic mass is 16.5. The van der Waals surface area contributed by atoms with Crippen molar-refractivity contribution in [3.63, 3.8) is 0 Å². The van der Waals surface area contributed by atoms with Crippen LogP contribution in [0.25, 0.3) is 0 Å². The number of pyridine rings is 1. The molecule has 1 aromatic carbocycles. The maximum atomic E-state index is 11.9. The monoisotopic (exact) mass is 354 g/mol. The van der Waals surface area contributed by atoms with Crippen molar-refractivity contribution >= 4 is 17.3 Å². The van der Waals surface area contributed by atoms with Gasteiger partial charge in [0, 0.05) is 38.4 Å². The van der Waals surface area contributed by atoms with Crippen LogP contribution in [0, 0.1) is 0 Å². The third kappa shape index (κ3) is 4.25. The van der Waals surface area contributed by atoms with E-state index in [-0.39, 0.29) is 5.91 Å². The average molecular weight is 354 g/mol. The van der Waals surface area contributed by atoms with Gasteiger partial charge in [-0.25, -0.2) is 4.98 Å². The summed E-state index contributed by atoms with van der Waals surface area (Å²) in [5.41, 5.74) is 2.75. The molecule has 0 atom stereocenters. The standard InChI is InChI=1S/C20H26N4O2/c1-3-10-21-20(25)19-9-6-17(15-22-19)24-13-11-23(12-14-24)16-4-7-18(26-2)8-5-16/h4-9,15H,3,10-14H2,1-2H3,(H,21,25). The number of carbonyl (C=O) groups excluding carboxylic acids is 1. The molecule has 1 saturated heterocycles. The molecule has 0 aliphatic carbocycles. The molecule has 0 saturated carbocycles. The van der Waals surface area contributed by atoms with Gasteiger partial charge in [0.05, 0.1) is 19.0 Å². The highest BCUT2D eigenvalue weighted by Crippen LogP contribution is 2.22. The summed E-state index contributed by atoms with van der Waals surface area (Å²) in [5, 5.41) is 2.85. The fourth-order valence-corrected chi connectivity index (χ4v) is 3.05. The van der Waals surface area contributed by atoms with Crippen LogP contribution >= 0.6 is 0 Å². The number of carbonyl (C=O) groups is 1. The number of rotatable bonds is 6. The summed E-state index contributed by atoms with van der Waals surface area (Å²) in [6.45, 7) is 6.46. The molecule has 1 fully saturated rings. The Kier molecular flexibility index (Phi) is 5.94. The maximum Gasteiger partial charge on any atom is 0.269 e. The molecule has 3 rings (SSSR count). The van der Waals surface area contributed by atoms with Gasteiger partial charge in [0.15, 0.2) is 0 Å². The number of piperazine rings is 1. The third-order valence-electron chi connectivity index (χ3n) is 4.60. The molecule has 0 radical (unpaired) electrons. The molecule has 0 spiro atoms. The molecule has 2 aromatic rings. The molecule has 1 aliphatic rings. The number of hydrogen-bond donors (Lipinski definition) is 1. The predicted molar refractivity (Wildman–Crippen MR) is 104 cm³/mol. The van der Waals surface area contributed by atoms with E-state index in [2.05, 4.69) is 32.2 Å². The van der Waals surface area contributed by atoms with Crippen molar-refractivity contribution in [2.24, 2.45) is 0 Å². The van der Waals surface area contributed by atoms with Crippen LogP contribution in [-0.2, 0) is 0 Å². The summed E-state index contributed by atoms with van der Waals surface area (Å²) in [5.74, 6) is 0.768. The maximum absolute atomic E-state index is 11.9. The second-order valence-corrected chi connectivity index (χ2v) is 6.33. The van der Waals surface area contributed by atoms with Gasteiger partial charge >= 0.3 is 0 Å². The van der Waals surface area contributed by atoms with Crippen LogP contribution < -0.4 is 19.9 Å². The molecule has 1 aliphatic heterocycles. The summed E-state index contributed by atoms with van der Waals surface area (Å²) in [6.07, 6.45) is 2.71. The molecule has 2 heterocycles. The van der Waals surface area contributed by atoms with E-state index in [4.69, 9.17) is 4.74 Å². The minimum atomic E-state index is -0.109. The van der Waals surface area contributed by atoms with Crippen LogP contribution in [0.1, 0.15) is 23.8 Å². The summed E-state index contributed by atoms with van der Waals surface area (Å²) >= 11 is 0. The first kappa shape index (κ1) is 18.0. The van der Waals surface area contributed by atoms with Crippen molar-refractivity contribution in [2.75, 3.05) is 49.6 Å². The van der Waals surface area contributed by atoms with E-state index in [9.17, 15) is 4.79 Å². The number of nitrogens with zero attached hydrogens (tertiary/aromatic N) is 3. The molecular formula is C20H26N4O2. The number of amides is 1. The SMILES string of the molecule is CCCNC(=O)c1ccc(N2CCN(c3ccc(OC)cc3)CC2)cn1. The van der Waals surface area contributed by atoms with Crippen LogP contribution in [0.5, 0.6) is 5.75 Å². The van der Waals surface area contributed by atoms with Crippen molar-refractivity contribution in [1.82, 2.24) is 10.3 Å². The average Bonchev–Trinajstić information content (AvgIpc) is 2.72. The van der Waals surface area contributed by atoms with Gasteiger partial charge in [0.1, 0.15) is 11.4 Å². The number of nitrogens with one attached hydrogen (secondary N) is 1. The van der Waals surface area contributed by atoms with Crippen molar-refractivity contribution in [1.29, 1.82) is 0 Å². The Morgan fingerprint density at radius 2 is 1.65 bits per heavy atom. The van der Waals surface area contributed by atoms with Crippen molar-refractivity contribution in [3.05, 3.63) is 48.3 Å². The van der Waals surface area contributed by atoms with Crippen LogP contribution in [0.15, 0.2) is 42.6 Å². The van der Waals surface area contributed by atoms with E-state index >= 15 is 0 Å². The topological polar surface area (TPSA) is 57.7 Å². The van der Waals surface area contributed by atoms with Crippen LogP contribution in [0.3, 0.4) is 0 Å². The molecule has 1 aromatic heterocycles. The van der Waals surface area contributed by atoms with E-state index in [1.54, 1.807) is 19.4 Å². The third-order valence-corrected chi connectivity index (χ3v) is 4.60. The molecular weight excluding hydrogens is 328 g/mol. The quantitative estimate of drug-likeness (QED) is 0.864. The Labute approximate surface area is 154 Å². The Balaban J connectivity index is 1.56. The van der Waals surface area contributed by atoms with E-state index in [1.807, 2.05) is 25.1 Å². The minimum Gasteiger partial charge on any atom is -0.497 e. The first-order chi connectivity index (χ1) is 12.7. The molecule has 6 nitrogen and oxygen atoms in total. The smallest absolute Gasteiger partial charge is 0.269 e. The van der Waals surface area contributed by atoms with Gasteiger partial charge in [-0.05, 0) is 42.8 Å². The van der Waals surface area contributed by atoms with Gasteiger partial charge in [0.25, 0.3) is 5.91 Å². The summed E-state index contributed by atoms with van der Waals surface area (Å²) in [6, 6.07) is 12.0. The van der Waals surface area contributed by atoms with Crippen LogP contribution in [0.4, 0.5) is 11.4 Å². The molecule has 0 bridgehead atoms. The van der Waals surface area contributed by atoms with E-state index in [0.717, 1.165) is 44.0 Å². The zero-order valence-corrected chi connectivity index (χ0v) is 15.4. The summed E-state index contributed by atoms with van der Waals surface area (Å²) in [4.78, 5) is 20.9. The van der Waals surface area contributed by atoms with Gasteiger partial charge in [-0.3, -0.25) is 4.79 Å². The predicted octanol–water partition coefficient (Wildman–Crippen LogP) is 2.56. The second kappa shape index (κ2) is 8.56. The number of ether oxygens (including phenoxy) is 1. The van der Waals surface area contributed by atoms with Crippen molar-refractivity contribution in [2.45, 2.75) is 13.3 Å². The lowest BCUT2D eigenvalue weighted by Crippen LogP contribution is -2.46. The highest BCUT2D eigenvalue weighted by Gasteiger charge is 2.18. The van der Waals surface area contributed by atoms with Crippen LogP contribution in [-0.4, -0.2) is 50.7 Å². The lowest BCUT2D eigenvalue weighted by Gasteiger charge is -2.37. The Bertz CT molecular complexity index is 708. The lowest BCUT2D eigenvalue weighted by molar-refractivity contribution is 0.0948. The zero-order valence-electron chi connectivity index (χ0n) is 15.4. The first-order valence-corrected chi connectivity index (χ1v) is 9.09. The summed E-state index contributed by atoms with van der Waals surface area (Å²) in [7, 11) is 1.68. The van der Waals surface area contributed by atoms with Gasteiger partial charge in [-0.2, -0.15) is 0 Å². The fourth-order valence-electron chi connectivity index (χ4n) is 3.05. The van der Waals surface area contributed by atoms with Crippen LogP contribution in [0.2, 0.25) is 0 Å². The fraction of sp³-hybridized carbons (Fsp3) is 0.400.